The number of ether oxygens (including phenoxy) is 2. The van der Waals surface area contributed by atoms with Gasteiger partial charge in [0.15, 0.2) is 0 Å². The van der Waals surface area contributed by atoms with Gasteiger partial charge < -0.3 is 19.2 Å². The summed E-state index contributed by atoms with van der Waals surface area (Å²) in [4.78, 5) is 22.4. The fourth-order valence-corrected chi connectivity index (χ4v) is 4.06. The quantitative estimate of drug-likeness (QED) is 0.270. The Labute approximate surface area is 211 Å². The molecule has 0 saturated heterocycles. The molecule has 9 heteroatoms. The van der Waals surface area contributed by atoms with Crippen LogP contribution in [-0.4, -0.2) is 31.7 Å². The molecule has 1 amide bonds. The summed E-state index contributed by atoms with van der Waals surface area (Å²) < 4.78 is 17.2. The summed E-state index contributed by atoms with van der Waals surface area (Å²) >= 11 is 3.33. The van der Waals surface area contributed by atoms with E-state index in [-0.39, 0.29) is 18.3 Å². The molecule has 1 atom stereocenters. The number of benzene rings is 2. The number of methoxy groups -OCH3 is 2. The summed E-state index contributed by atoms with van der Waals surface area (Å²) in [5, 5.41) is 4.51. The van der Waals surface area contributed by atoms with E-state index in [4.69, 9.17) is 18.7 Å². The Bertz CT molecular complexity index is 1310. The summed E-state index contributed by atoms with van der Waals surface area (Å²) in [6.07, 6.45) is 0. The number of fused-ring (bicyclic) bond motifs is 1. The van der Waals surface area contributed by atoms with Crippen LogP contribution in [0.2, 0.25) is 0 Å². The standard InChI is InChI=1S/C26H26BrN3O5/c1-16-19-6-4-5-7-23(19)35-24(16)22(28-14-17-8-10-18(32-2)11-9-17)15-34-30-25(31)21-13-12-20(27)26(29-21)33-3/h4-13,22,28H,14-15H2,1-3H3,(H,30,31). The number of halogens is 1. The van der Waals surface area contributed by atoms with Crippen LogP contribution in [0, 0.1) is 6.92 Å². The van der Waals surface area contributed by atoms with Crippen LogP contribution < -0.4 is 20.3 Å². The van der Waals surface area contributed by atoms with Crippen LogP contribution in [-0.2, 0) is 11.4 Å². The van der Waals surface area contributed by atoms with Gasteiger partial charge >= 0.3 is 0 Å². The number of aryl methyl sites for hydroxylation is 1. The van der Waals surface area contributed by atoms with Gasteiger partial charge in [0.1, 0.15) is 22.8 Å². The number of carbonyl (C=O) groups is 1. The highest BCUT2D eigenvalue weighted by molar-refractivity contribution is 9.10. The van der Waals surface area contributed by atoms with E-state index in [1.165, 1.54) is 7.11 Å². The lowest BCUT2D eigenvalue weighted by Gasteiger charge is -2.18. The van der Waals surface area contributed by atoms with Crippen molar-refractivity contribution in [2.75, 3.05) is 20.8 Å². The smallest absolute Gasteiger partial charge is 0.293 e. The predicted octanol–water partition coefficient (Wildman–Crippen LogP) is 5.11. The van der Waals surface area contributed by atoms with Crippen molar-refractivity contribution < 1.29 is 23.5 Å². The molecule has 0 fully saturated rings. The number of para-hydroxylation sites is 1. The van der Waals surface area contributed by atoms with E-state index in [0.717, 1.165) is 33.6 Å². The highest BCUT2D eigenvalue weighted by atomic mass is 79.9. The zero-order chi connectivity index (χ0) is 24.8. The van der Waals surface area contributed by atoms with E-state index in [0.29, 0.717) is 16.9 Å². The van der Waals surface area contributed by atoms with Crippen molar-refractivity contribution in [3.63, 3.8) is 0 Å². The predicted molar refractivity (Wildman–Crippen MR) is 135 cm³/mol. The van der Waals surface area contributed by atoms with Gasteiger partial charge in [-0.2, -0.15) is 0 Å². The number of carbonyl (C=O) groups excluding carboxylic acids is 1. The van der Waals surface area contributed by atoms with Gasteiger partial charge in [-0.25, -0.2) is 10.5 Å². The summed E-state index contributed by atoms with van der Waals surface area (Å²) in [5.41, 5.74) is 5.52. The normalized spacial score (nSPS) is 11.9. The van der Waals surface area contributed by atoms with Gasteiger partial charge in [-0.15, -0.1) is 0 Å². The minimum absolute atomic E-state index is 0.135. The van der Waals surface area contributed by atoms with Gasteiger partial charge in [0.2, 0.25) is 5.88 Å². The average molecular weight is 540 g/mol. The third kappa shape index (κ3) is 5.82. The van der Waals surface area contributed by atoms with Crippen LogP contribution >= 0.6 is 15.9 Å². The first-order chi connectivity index (χ1) is 17.0. The Morgan fingerprint density at radius 2 is 1.83 bits per heavy atom. The van der Waals surface area contributed by atoms with Gasteiger partial charge in [0.25, 0.3) is 5.91 Å². The molecule has 0 spiro atoms. The second-order valence-electron chi connectivity index (χ2n) is 7.80. The molecule has 2 heterocycles. The number of nitrogens with one attached hydrogen (secondary N) is 2. The van der Waals surface area contributed by atoms with Crippen LogP contribution in [0.1, 0.15) is 33.4 Å². The molecule has 1 unspecified atom stereocenters. The van der Waals surface area contributed by atoms with Gasteiger partial charge in [-0.05, 0) is 58.7 Å². The molecule has 182 valence electrons. The van der Waals surface area contributed by atoms with E-state index in [1.54, 1.807) is 19.2 Å². The van der Waals surface area contributed by atoms with Crippen LogP contribution in [0.5, 0.6) is 11.6 Å². The monoisotopic (exact) mass is 539 g/mol. The van der Waals surface area contributed by atoms with Crippen LogP contribution in [0.15, 0.2) is 69.6 Å². The van der Waals surface area contributed by atoms with Gasteiger partial charge in [-0.1, -0.05) is 30.3 Å². The van der Waals surface area contributed by atoms with E-state index < -0.39 is 5.91 Å². The maximum atomic E-state index is 12.6. The second-order valence-corrected chi connectivity index (χ2v) is 8.65. The number of hydroxylamine groups is 1. The van der Waals surface area contributed by atoms with Crippen molar-refractivity contribution in [2.45, 2.75) is 19.5 Å². The zero-order valence-corrected chi connectivity index (χ0v) is 21.2. The van der Waals surface area contributed by atoms with Crippen LogP contribution in [0.3, 0.4) is 0 Å². The molecule has 2 aromatic heterocycles. The SMILES string of the molecule is COc1ccc(CNC(CONC(=O)c2ccc(Br)c(OC)n2)c2oc3ccccc3c2C)cc1. The Balaban J connectivity index is 1.48. The fourth-order valence-electron chi connectivity index (χ4n) is 3.67. The first-order valence-corrected chi connectivity index (χ1v) is 11.8. The van der Waals surface area contributed by atoms with Crippen molar-refractivity contribution >= 4 is 32.8 Å². The summed E-state index contributed by atoms with van der Waals surface area (Å²) in [6.45, 7) is 2.71. The van der Waals surface area contributed by atoms with Crippen molar-refractivity contribution in [3.8, 4) is 11.6 Å². The molecule has 35 heavy (non-hydrogen) atoms. The second kappa shape index (κ2) is 11.4. The first-order valence-electron chi connectivity index (χ1n) is 11.0. The van der Waals surface area contributed by atoms with Gasteiger partial charge in [0.05, 0.1) is 31.3 Å². The third-order valence-electron chi connectivity index (χ3n) is 5.56. The number of rotatable bonds is 10. The number of hydrogen-bond acceptors (Lipinski definition) is 7. The largest absolute Gasteiger partial charge is 0.497 e. The number of hydrogen-bond donors (Lipinski definition) is 2. The number of aromatic nitrogens is 1. The lowest BCUT2D eigenvalue weighted by molar-refractivity contribution is 0.0193. The molecule has 0 radical (unpaired) electrons. The number of amides is 1. The molecule has 0 bridgehead atoms. The Morgan fingerprint density at radius 3 is 2.54 bits per heavy atom. The minimum Gasteiger partial charge on any atom is -0.497 e. The minimum atomic E-state index is -0.481. The summed E-state index contributed by atoms with van der Waals surface area (Å²) in [6, 6.07) is 18.6. The van der Waals surface area contributed by atoms with E-state index in [1.807, 2.05) is 55.5 Å². The topological polar surface area (TPSA) is 94.8 Å². The summed E-state index contributed by atoms with van der Waals surface area (Å²) in [7, 11) is 3.12. The Hall–Kier alpha value is -3.40. The first kappa shape index (κ1) is 24.7. The van der Waals surface area contributed by atoms with Crippen LogP contribution in [0.25, 0.3) is 11.0 Å². The van der Waals surface area contributed by atoms with E-state index >= 15 is 0 Å². The molecule has 0 aliphatic carbocycles. The molecule has 2 aromatic carbocycles. The fraction of sp³-hybridized carbons (Fsp3) is 0.231. The highest BCUT2D eigenvalue weighted by Gasteiger charge is 2.21. The zero-order valence-electron chi connectivity index (χ0n) is 19.6. The highest BCUT2D eigenvalue weighted by Crippen LogP contribution is 2.30. The Morgan fingerprint density at radius 1 is 1.06 bits per heavy atom. The number of nitrogens with zero attached hydrogens (tertiary/aromatic N) is 1. The maximum Gasteiger partial charge on any atom is 0.293 e. The molecular formula is C26H26BrN3O5. The maximum absolute atomic E-state index is 12.6. The van der Waals surface area contributed by atoms with Crippen molar-refractivity contribution in [1.82, 2.24) is 15.8 Å². The molecule has 0 saturated carbocycles. The average Bonchev–Trinajstić information content (AvgIpc) is 3.22. The van der Waals surface area contributed by atoms with Crippen LogP contribution in [0.4, 0.5) is 0 Å². The van der Waals surface area contributed by atoms with E-state index in [2.05, 4.69) is 31.7 Å². The van der Waals surface area contributed by atoms with Crippen molar-refractivity contribution in [2.24, 2.45) is 0 Å². The molecule has 8 nitrogen and oxygen atoms in total. The molecular weight excluding hydrogens is 514 g/mol. The molecule has 2 N–H and O–H groups in total. The molecule has 4 rings (SSSR count). The third-order valence-corrected chi connectivity index (χ3v) is 6.17. The Kier molecular flexibility index (Phi) is 8.02. The van der Waals surface area contributed by atoms with Gasteiger partial charge in [0, 0.05) is 17.5 Å². The van der Waals surface area contributed by atoms with Gasteiger partial charge in [-0.3, -0.25) is 9.63 Å². The van der Waals surface area contributed by atoms with Crippen molar-refractivity contribution in [3.05, 3.63) is 87.7 Å². The number of pyridine rings is 1. The lowest BCUT2D eigenvalue weighted by Crippen LogP contribution is -2.31. The lowest BCUT2D eigenvalue weighted by atomic mass is 10.1. The number of furan rings is 1. The molecule has 0 aliphatic rings. The summed E-state index contributed by atoms with van der Waals surface area (Å²) in [5.74, 6) is 1.38. The van der Waals surface area contributed by atoms with Crippen molar-refractivity contribution in [1.29, 1.82) is 0 Å². The van der Waals surface area contributed by atoms with E-state index in [9.17, 15) is 4.79 Å². The molecule has 4 aromatic rings. The molecule has 0 aliphatic heterocycles.